The SMILES string of the molecule is C=C/C=C(\C=C1\CCC(C2=NC=C(C3=CCC(C=C)S3)NC2)N1C)c1cc(C)ccc1/C(C)=C/C. The molecular formula is C31H37N3S. The molecule has 1 aromatic rings. The number of thioether (sulfide) groups is 1. The summed E-state index contributed by atoms with van der Waals surface area (Å²) in [6, 6.07) is 7.03. The summed E-state index contributed by atoms with van der Waals surface area (Å²) in [4.78, 5) is 8.61. The van der Waals surface area contributed by atoms with Gasteiger partial charge in [0, 0.05) is 22.9 Å². The van der Waals surface area contributed by atoms with Crippen LogP contribution in [0.2, 0.25) is 0 Å². The van der Waals surface area contributed by atoms with Crippen LogP contribution < -0.4 is 5.32 Å². The van der Waals surface area contributed by atoms with Gasteiger partial charge in [0.1, 0.15) is 0 Å². The second-order valence-electron chi connectivity index (χ2n) is 9.39. The minimum atomic E-state index is 0.317. The fourth-order valence-electron chi connectivity index (χ4n) is 4.92. The zero-order valence-corrected chi connectivity index (χ0v) is 22.3. The molecule has 0 aromatic heterocycles. The number of benzene rings is 1. The number of aryl methyl sites for hydroxylation is 1. The molecule has 2 atom stereocenters. The van der Waals surface area contributed by atoms with E-state index in [9.17, 15) is 0 Å². The maximum absolute atomic E-state index is 4.91. The molecular weight excluding hydrogens is 446 g/mol. The van der Waals surface area contributed by atoms with Crippen molar-refractivity contribution in [1.29, 1.82) is 0 Å². The number of nitrogens with zero attached hydrogens (tertiary/aromatic N) is 2. The van der Waals surface area contributed by atoms with Gasteiger partial charge in [0.15, 0.2) is 0 Å². The van der Waals surface area contributed by atoms with E-state index in [4.69, 9.17) is 4.99 Å². The highest BCUT2D eigenvalue weighted by Crippen LogP contribution is 2.38. The maximum Gasteiger partial charge on any atom is 0.0690 e. The molecule has 3 aliphatic rings. The Bertz CT molecular complexity index is 1190. The van der Waals surface area contributed by atoms with Crippen LogP contribution in [-0.2, 0) is 0 Å². The predicted molar refractivity (Wildman–Crippen MR) is 155 cm³/mol. The molecule has 4 rings (SSSR count). The molecule has 0 spiro atoms. The molecule has 0 radical (unpaired) electrons. The molecule has 3 nitrogen and oxygen atoms in total. The number of hydrogen-bond acceptors (Lipinski definition) is 4. The molecule has 0 bridgehead atoms. The van der Waals surface area contributed by atoms with Crippen molar-refractivity contribution in [1.82, 2.24) is 10.2 Å². The minimum absolute atomic E-state index is 0.317. The molecule has 4 heteroatoms. The molecule has 3 aliphatic heterocycles. The summed E-state index contributed by atoms with van der Waals surface area (Å²) in [6.07, 6.45) is 18.1. The Kier molecular flexibility index (Phi) is 8.02. The average molecular weight is 484 g/mol. The largest absolute Gasteiger partial charge is 0.378 e. The standard InChI is InChI=1S/C31H37N3S/c1-7-10-23(27-17-21(4)11-14-26(27)22(5)8-2)18-24-12-15-30(34(24)6)28-19-33-29(20-32-28)31-16-13-25(9-3)35-31/h7-11,14,16-18,20,25,30,33H,1,3,12-13,15,19H2,2,4-6H3/b22-8+,23-10+,24-18-. The summed E-state index contributed by atoms with van der Waals surface area (Å²) in [5.74, 6) is 0. The molecule has 1 N–H and O–H groups in total. The first kappa shape index (κ1) is 25.1. The van der Waals surface area contributed by atoms with Crippen LogP contribution in [0.25, 0.3) is 11.1 Å². The van der Waals surface area contributed by atoms with Crippen molar-refractivity contribution in [2.24, 2.45) is 4.99 Å². The Morgan fingerprint density at radius 3 is 2.74 bits per heavy atom. The molecule has 0 amide bonds. The van der Waals surface area contributed by atoms with Gasteiger partial charge in [-0.25, -0.2) is 0 Å². The van der Waals surface area contributed by atoms with Crippen molar-refractivity contribution in [2.75, 3.05) is 13.6 Å². The van der Waals surface area contributed by atoms with Crippen molar-refractivity contribution in [2.45, 2.75) is 51.3 Å². The van der Waals surface area contributed by atoms with E-state index in [1.165, 1.54) is 44.2 Å². The van der Waals surface area contributed by atoms with Gasteiger partial charge < -0.3 is 10.2 Å². The molecule has 35 heavy (non-hydrogen) atoms. The zero-order valence-electron chi connectivity index (χ0n) is 21.5. The first-order chi connectivity index (χ1) is 16.9. The number of allylic oxidation sites excluding steroid dienone is 8. The zero-order chi connectivity index (χ0) is 24.9. The maximum atomic E-state index is 4.91. The van der Waals surface area contributed by atoms with E-state index < -0.39 is 0 Å². The number of rotatable bonds is 7. The third-order valence-electron chi connectivity index (χ3n) is 7.10. The van der Waals surface area contributed by atoms with E-state index in [0.717, 1.165) is 31.5 Å². The summed E-state index contributed by atoms with van der Waals surface area (Å²) >= 11 is 1.87. The van der Waals surface area contributed by atoms with Gasteiger partial charge >= 0.3 is 0 Å². The van der Waals surface area contributed by atoms with E-state index in [0.29, 0.717) is 11.3 Å². The first-order valence-electron chi connectivity index (χ1n) is 12.5. The van der Waals surface area contributed by atoms with Crippen LogP contribution in [0.4, 0.5) is 0 Å². The van der Waals surface area contributed by atoms with Crippen molar-refractivity contribution < 1.29 is 0 Å². The number of hydrogen-bond donors (Lipinski definition) is 1. The van der Waals surface area contributed by atoms with Gasteiger partial charge in [-0.1, -0.05) is 60.7 Å². The topological polar surface area (TPSA) is 27.6 Å². The second-order valence-corrected chi connectivity index (χ2v) is 10.7. The van der Waals surface area contributed by atoms with Crippen molar-refractivity contribution in [3.8, 4) is 0 Å². The quantitative estimate of drug-likeness (QED) is 0.323. The third-order valence-corrected chi connectivity index (χ3v) is 8.43. The lowest BCUT2D eigenvalue weighted by molar-refractivity contribution is 0.423. The smallest absolute Gasteiger partial charge is 0.0690 e. The Morgan fingerprint density at radius 2 is 2.09 bits per heavy atom. The molecule has 182 valence electrons. The van der Waals surface area contributed by atoms with Gasteiger partial charge in [-0.05, 0) is 68.4 Å². The fraction of sp³-hybridized carbons (Fsp3) is 0.323. The summed E-state index contributed by atoms with van der Waals surface area (Å²) in [5.41, 5.74) is 9.97. The van der Waals surface area contributed by atoms with E-state index in [1.54, 1.807) is 0 Å². The summed E-state index contributed by atoms with van der Waals surface area (Å²) in [7, 11) is 2.20. The predicted octanol–water partition coefficient (Wildman–Crippen LogP) is 7.43. The number of aliphatic imine (C=N–C) groups is 1. The highest BCUT2D eigenvalue weighted by molar-refractivity contribution is 8.04. The lowest BCUT2D eigenvalue weighted by atomic mass is 9.92. The van der Waals surface area contributed by atoms with Crippen LogP contribution in [-0.4, -0.2) is 35.5 Å². The van der Waals surface area contributed by atoms with Gasteiger partial charge in [-0.15, -0.1) is 18.3 Å². The van der Waals surface area contributed by atoms with Crippen molar-refractivity contribution in [3.63, 3.8) is 0 Å². The highest BCUT2D eigenvalue weighted by atomic mass is 32.2. The van der Waals surface area contributed by atoms with Crippen LogP contribution in [0.1, 0.15) is 49.8 Å². The van der Waals surface area contributed by atoms with Gasteiger partial charge in [0.2, 0.25) is 0 Å². The summed E-state index contributed by atoms with van der Waals surface area (Å²) in [6.45, 7) is 15.2. The van der Waals surface area contributed by atoms with Gasteiger partial charge in [-0.3, -0.25) is 4.99 Å². The highest BCUT2D eigenvalue weighted by Gasteiger charge is 2.30. The molecule has 0 saturated carbocycles. The normalized spacial score (nSPS) is 24.2. The molecule has 0 aliphatic carbocycles. The Balaban J connectivity index is 1.57. The third kappa shape index (κ3) is 5.48. The number of likely N-dealkylation sites (tertiary alicyclic amines) is 1. The summed E-state index contributed by atoms with van der Waals surface area (Å²) < 4.78 is 0. The first-order valence-corrected chi connectivity index (χ1v) is 13.3. The van der Waals surface area contributed by atoms with E-state index in [2.05, 4.69) is 93.7 Å². The Hall–Kier alpha value is -2.98. The second kappa shape index (κ2) is 11.2. The average Bonchev–Trinajstić information content (AvgIpc) is 3.50. The summed E-state index contributed by atoms with van der Waals surface area (Å²) in [5, 5.41) is 4.10. The van der Waals surface area contributed by atoms with Gasteiger partial charge in [0.05, 0.1) is 30.2 Å². The molecule has 1 fully saturated rings. The lowest BCUT2D eigenvalue weighted by Gasteiger charge is -2.27. The van der Waals surface area contributed by atoms with Crippen LogP contribution >= 0.6 is 11.8 Å². The minimum Gasteiger partial charge on any atom is -0.378 e. The molecule has 1 saturated heterocycles. The fourth-order valence-corrected chi connectivity index (χ4v) is 5.98. The van der Waals surface area contributed by atoms with E-state index in [1.807, 2.05) is 30.1 Å². The van der Waals surface area contributed by atoms with Crippen LogP contribution in [0, 0.1) is 6.92 Å². The molecule has 1 aromatic carbocycles. The van der Waals surface area contributed by atoms with Crippen LogP contribution in [0.15, 0.2) is 95.3 Å². The van der Waals surface area contributed by atoms with Gasteiger partial charge in [-0.2, -0.15) is 0 Å². The number of nitrogens with one attached hydrogen (secondary N) is 1. The Labute approximate surface area is 215 Å². The van der Waals surface area contributed by atoms with Crippen LogP contribution in [0.5, 0.6) is 0 Å². The monoisotopic (exact) mass is 483 g/mol. The van der Waals surface area contributed by atoms with Gasteiger partial charge in [0.25, 0.3) is 0 Å². The van der Waals surface area contributed by atoms with Crippen molar-refractivity contribution in [3.05, 3.63) is 107 Å². The molecule has 3 heterocycles. The molecule has 2 unspecified atom stereocenters. The lowest BCUT2D eigenvalue weighted by Crippen LogP contribution is -2.39. The Morgan fingerprint density at radius 1 is 1.26 bits per heavy atom. The van der Waals surface area contributed by atoms with Crippen molar-refractivity contribution >= 4 is 28.6 Å². The van der Waals surface area contributed by atoms with Crippen LogP contribution in [0.3, 0.4) is 0 Å². The van der Waals surface area contributed by atoms with E-state index in [-0.39, 0.29) is 0 Å². The van der Waals surface area contributed by atoms with E-state index >= 15 is 0 Å².